The van der Waals surface area contributed by atoms with Crippen LogP contribution >= 0.6 is 0 Å². The van der Waals surface area contributed by atoms with Gasteiger partial charge < -0.3 is 9.64 Å². The first-order valence-corrected chi connectivity index (χ1v) is 6.58. The molecule has 2 aromatic rings. The van der Waals surface area contributed by atoms with Gasteiger partial charge in [0.25, 0.3) is 5.91 Å². The standard InChI is InChI=1S/C16H18N2O2/c1-3-20-15-8-6-13(7-9-15)12-18(2)16(19)14-5-4-10-17-11-14/h4-11H,3,12H2,1-2H3. The summed E-state index contributed by atoms with van der Waals surface area (Å²) in [6.45, 7) is 3.16. The van der Waals surface area contributed by atoms with Crippen molar-refractivity contribution in [3.05, 3.63) is 59.9 Å². The van der Waals surface area contributed by atoms with Crippen LogP contribution in [-0.4, -0.2) is 29.4 Å². The van der Waals surface area contributed by atoms with Gasteiger partial charge in [-0.05, 0) is 36.8 Å². The minimum Gasteiger partial charge on any atom is -0.494 e. The number of hydrogen-bond acceptors (Lipinski definition) is 3. The van der Waals surface area contributed by atoms with E-state index in [9.17, 15) is 4.79 Å². The van der Waals surface area contributed by atoms with E-state index in [0.29, 0.717) is 18.7 Å². The summed E-state index contributed by atoms with van der Waals surface area (Å²) in [5.74, 6) is 0.810. The molecule has 0 aliphatic heterocycles. The molecule has 0 bridgehead atoms. The molecule has 2 rings (SSSR count). The van der Waals surface area contributed by atoms with Crippen LogP contribution in [0.25, 0.3) is 0 Å². The van der Waals surface area contributed by atoms with Gasteiger partial charge in [0.05, 0.1) is 12.2 Å². The molecule has 1 amide bonds. The molecule has 0 aliphatic rings. The molecule has 0 saturated carbocycles. The van der Waals surface area contributed by atoms with E-state index >= 15 is 0 Å². The van der Waals surface area contributed by atoms with Crippen molar-refractivity contribution in [2.45, 2.75) is 13.5 Å². The topological polar surface area (TPSA) is 42.4 Å². The lowest BCUT2D eigenvalue weighted by Crippen LogP contribution is -2.26. The second kappa shape index (κ2) is 6.70. The summed E-state index contributed by atoms with van der Waals surface area (Å²) in [6, 6.07) is 11.3. The Bertz CT molecular complexity index is 552. The molecule has 0 radical (unpaired) electrons. The fraction of sp³-hybridized carbons (Fsp3) is 0.250. The van der Waals surface area contributed by atoms with Crippen molar-refractivity contribution in [2.75, 3.05) is 13.7 Å². The third-order valence-corrected chi connectivity index (χ3v) is 2.91. The Morgan fingerprint density at radius 2 is 2.00 bits per heavy atom. The van der Waals surface area contributed by atoms with E-state index in [0.717, 1.165) is 11.3 Å². The zero-order valence-electron chi connectivity index (χ0n) is 11.7. The van der Waals surface area contributed by atoms with Gasteiger partial charge in [-0.25, -0.2) is 0 Å². The van der Waals surface area contributed by atoms with Crippen LogP contribution in [0.15, 0.2) is 48.8 Å². The van der Waals surface area contributed by atoms with Crippen molar-refractivity contribution in [3.63, 3.8) is 0 Å². The number of hydrogen-bond donors (Lipinski definition) is 0. The van der Waals surface area contributed by atoms with Crippen molar-refractivity contribution in [3.8, 4) is 5.75 Å². The lowest BCUT2D eigenvalue weighted by Gasteiger charge is -2.17. The molecule has 0 unspecified atom stereocenters. The smallest absolute Gasteiger partial charge is 0.255 e. The lowest BCUT2D eigenvalue weighted by molar-refractivity contribution is 0.0784. The van der Waals surface area contributed by atoms with Crippen molar-refractivity contribution >= 4 is 5.91 Å². The molecule has 4 nitrogen and oxygen atoms in total. The molecule has 0 saturated heterocycles. The van der Waals surface area contributed by atoms with Gasteiger partial charge in [0.1, 0.15) is 5.75 Å². The van der Waals surface area contributed by atoms with Crippen LogP contribution in [0.5, 0.6) is 5.75 Å². The fourth-order valence-electron chi connectivity index (χ4n) is 1.91. The maximum atomic E-state index is 12.2. The average molecular weight is 270 g/mol. The Morgan fingerprint density at radius 1 is 1.25 bits per heavy atom. The molecule has 1 aromatic carbocycles. The van der Waals surface area contributed by atoms with Gasteiger partial charge in [-0.2, -0.15) is 0 Å². The van der Waals surface area contributed by atoms with Crippen molar-refractivity contribution < 1.29 is 9.53 Å². The van der Waals surface area contributed by atoms with E-state index in [1.807, 2.05) is 31.2 Å². The molecule has 104 valence electrons. The average Bonchev–Trinajstić information content (AvgIpc) is 2.49. The summed E-state index contributed by atoms with van der Waals surface area (Å²) < 4.78 is 5.39. The summed E-state index contributed by atoms with van der Waals surface area (Å²) >= 11 is 0. The summed E-state index contributed by atoms with van der Waals surface area (Å²) in [7, 11) is 1.78. The SMILES string of the molecule is CCOc1ccc(CN(C)C(=O)c2cccnc2)cc1. The second-order valence-electron chi connectivity index (χ2n) is 4.48. The third-order valence-electron chi connectivity index (χ3n) is 2.91. The van der Waals surface area contributed by atoms with Crippen molar-refractivity contribution in [1.29, 1.82) is 0 Å². The minimum absolute atomic E-state index is 0.0352. The van der Waals surface area contributed by atoms with Gasteiger partial charge in [-0.3, -0.25) is 9.78 Å². The Morgan fingerprint density at radius 3 is 2.60 bits per heavy atom. The zero-order chi connectivity index (χ0) is 14.4. The van der Waals surface area contributed by atoms with Crippen LogP contribution in [0.2, 0.25) is 0 Å². The highest BCUT2D eigenvalue weighted by Gasteiger charge is 2.11. The summed E-state index contributed by atoms with van der Waals surface area (Å²) in [6.07, 6.45) is 3.24. The number of pyridine rings is 1. The highest BCUT2D eigenvalue weighted by atomic mass is 16.5. The summed E-state index contributed by atoms with van der Waals surface area (Å²) in [5.41, 5.74) is 1.66. The van der Waals surface area contributed by atoms with Gasteiger partial charge in [0, 0.05) is 26.0 Å². The lowest BCUT2D eigenvalue weighted by atomic mass is 10.2. The van der Waals surface area contributed by atoms with Gasteiger partial charge >= 0.3 is 0 Å². The van der Waals surface area contributed by atoms with Gasteiger partial charge in [0.15, 0.2) is 0 Å². The third kappa shape index (κ3) is 3.57. The Hall–Kier alpha value is -2.36. The van der Waals surface area contributed by atoms with E-state index in [2.05, 4.69) is 4.98 Å². The number of ether oxygens (including phenoxy) is 1. The van der Waals surface area contributed by atoms with Crippen LogP contribution in [0.3, 0.4) is 0 Å². The van der Waals surface area contributed by atoms with E-state index in [-0.39, 0.29) is 5.91 Å². The van der Waals surface area contributed by atoms with Crippen LogP contribution in [0, 0.1) is 0 Å². The second-order valence-corrected chi connectivity index (χ2v) is 4.48. The first-order chi connectivity index (χ1) is 9.70. The van der Waals surface area contributed by atoms with E-state index in [1.165, 1.54) is 0 Å². The monoisotopic (exact) mass is 270 g/mol. The molecule has 0 atom stereocenters. The van der Waals surface area contributed by atoms with E-state index in [4.69, 9.17) is 4.74 Å². The maximum absolute atomic E-state index is 12.2. The summed E-state index contributed by atoms with van der Waals surface area (Å²) in [5, 5.41) is 0. The molecule has 0 aliphatic carbocycles. The van der Waals surface area contributed by atoms with Gasteiger partial charge in [-0.1, -0.05) is 12.1 Å². The molecule has 4 heteroatoms. The summed E-state index contributed by atoms with van der Waals surface area (Å²) in [4.78, 5) is 17.8. The van der Waals surface area contributed by atoms with Crippen LogP contribution in [-0.2, 0) is 6.54 Å². The number of aromatic nitrogens is 1. The largest absolute Gasteiger partial charge is 0.494 e. The molecule has 1 aromatic heterocycles. The number of rotatable bonds is 5. The zero-order valence-corrected chi connectivity index (χ0v) is 11.7. The first kappa shape index (κ1) is 14.1. The number of carbonyl (C=O) groups is 1. The number of nitrogens with zero attached hydrogens (tertiary/aromatic N) is 2. The van der Waals surface area contributed by atoms with Crippen LogP contribution in [0.4, 0.5) is 0 Å². The van der Waals surface area contributed by atoms with Crippen LogP contribution < -0.4 is 4.74 Å². The number of benzene rings is 1. The highest BCUT2D eigenvalue weighted by Crippen LogP contribution is 2.14. The van der Waals surface area contributed by atoms with E-state index in [1.54, 1.807) is 36.5 Å². The van der Waals surface area contributed by atoms with Crippen LogP contribution in [0.1, 0.15) is 22.8 Å². The van der Waals surface area contributed by atoms with E-state index < -0.39 is 0 Å². The Labute approximate surface area is 119 Å². The Kier molecular flexibility index (Phi) is 4.71. The predicted molar refractivity (Wildman–Crippen MR) is 77.6 cm³/mol. The van der Waals surface area contributed by atoms with Gasteiger partial charge in [0.2, 0.25) is 0 Å². The quantitative estimate of drug-likeness (QED) is 0.839. The predicted octanol–water partition coefficient (Wildman–Crippen LogP) is 2.75. The molecule has 0 N–H and O–H groups in total. The van der Waals surface area contributed by atoms with Gasteiger partial charge in [-0.15, -0.1) is 0 Å². The van der Waals surface area contributed by atoms with Crippen molar-refractivity contribution in [2.24, 2.45) is 0 Å². The minimum atomic E-state index is -0.0352. The molecular weight excluding hydrogens is 252 g/mol. The molecule has 0 fully saturated rings. The normalized spacial score (nSPS) is 10.1. The first-order valence-electron chi connectivity index (χ1n) is 6.58. The molecule has 1 heterocycles. The molecular formula is C16H18N2O2. The maximum Gasteiger partial charge on any atom is 0.255 e. The molecule has 0 spiro atoms. The fourth-order valence-corrected chi connectivity index (χ4v) is 1.91. The van der Waals surface area contributed by atoms with Crippen molar-refractivity contribution in [1.82, 2.24) is 9.88 Å². The Balaban J connectivity index is 2.00. The highest BCUT2D eigenvalue weighted by molar-refractivity contribution is 5.93. The molecule has 20 heavy (non-hydrogen) atoms. The number of amides is 1. The number of carbonyl (C=O) groups excluding carboxylic acids is 1.